The second kappa shape index (κ2) is 7.32. The molecule has 0 radical (unpaired) electrons. The zero-order valence-electron chi connectivity index (χ0n) is 14.6. The Morgan fingerprint density at radius 2 is 2.15 bits per heavy atom. The molecule has 9 heteroatoms. The number of ether oxygens (including phenoxy) is 2. The lowest BCUT2D eigenvalue weighted by molar-refractivity contribution is -0.119. The number of rotatable bonds is 6. The van der Waals surface area contributed by atoms with Crippen LogP contribution in [0.15, 0.2) is 42.9 Å². The molecule has 140 valence electrons. The van der Waals surface area contributed by atoms with Crippen molar-refractivity contribution in [3.63, 3.8) is 0 Å². The van der Waals surface area contributed by atoms with Gasteiger partial charge < -0.3 is 14.8 Å². The van der Waals surface area contributed by atoms with E-state index in [9.17, 15) is 4.79 Å². The summed E-state index contributed by atoms with van der Waals surface area (Å²) >= 11 is 5.86. The summed E-state index contributed by atoms with van der Waals surface area (Å²) in [6.07, 6.45) is 4.89. The van der Waals surface area contributed by atoms with E-state index >= 15 is 0 Å². The van der Waals surface area contributed by atoms with Crippen molar-refractivity contribution in [3.8, 4) is 11.5 Å². The van der Waals surface area contributed by atoms with Gasteiger partial charge in [-0.1, -0.05) is 24.6 Å². The number of carbonyl (C=O) groups excluding carboxylic acids is 1. The van der Waals surface area contributed by atoms with Gasteiger partial charge in [-0.3, -0.25) is 9.48 Å². The van der Waals surface area contributed by atoms with Gasteiger partial charge in [0.05, 0.1) is 36.4 Å². The van der Waals surface area contributed by atoms with Crippen molar-refractivity contribution in [1.29, 1.82) is 0 Å². The van der Waals surface area contributed by atoms with Crippen LogP contribution in [0.4, 0.5) is 5.82 Å². The highest BCUT2D eigenvalue weighted by Gasteiger charge is 2.17. The largest absolute Gasteiger partial charge is 0.454 e. The predicted molar refractivity (Wildman–Crippen MR) is 98.9 cm³/mol. The zero-order valence-corrected chi connectivity index (χ0v) is 15.4. The molecule has 27 heavy (non-hydrogen) atoms. The first kappa shape index (κ1) is 17.4. The number of hydrogen-bond acceptors (Lipinski definition) is 5. The smallest absolute Gasteiger partial charge is 0.231 e. The summed E-state index contributed by atoms with van der Waals surface area (Å²) in [5.74, 6) is 1.68. The maximum Gasteiger partial charge on any atom is 0.231 e. The van der Waals surface area contributed by atoms with Gasteiger partial charge in [-0.05, 0) is 17.7 Å². The van der Waals surface area contributed by atoms with Gasteiger partial charge in [-0.15, -0.1) is 0 Å². The lowest BCUT2D eigenvalue weighted by atomic mass is 10.1. The highest BCUT2D eigenvalue weighted by Crippen LogP contribution is 2.32. The molecule has 1 aliphatic heterocycles. The number of hydrogen-bond donors (Lipinski definition) is 1. The molecule has 8 nitrogen and oxygen atoms in total. The summed E-state index contributed by atoms with van der Waals surface area (Å²) in [5, 5.41) is 11.9. The van der Waals surface area contributed by atoms with Crippen molar-refractivity contribution in [2.45, 2.75) is 20.0 Å². The molecule has 3 aromatic rings. The molecular weight excluding hydrogens is 370 g/mol. The summed E-state index contributed by atoms with van der Waals surface area (Å²) in [6.45, 7) is 3.02. The summed E-state index contributed by atoms with van der Waals surface area (Å²) < 4.78 is 14.1. The maximum atomic E-state index is 12.5. The molecule has 0 unspecified atom stereocenters. The van der Waals surface area contributed by atoms with E-state index in [1.807, 2.05) is 25.1 Å². The third-order valence-corrected chi connectivity index (χ3v) is 4.44. The highest BCUT2D eigenvalue weighted by atomic mass is 35.5. The fourth-order valence-electron chi connectivity index (χ4n) is 2.83. The maximum absolute atomic E-state index is 12.5. The summed E-state index contributed by atoms with van der Waals surface area (Å²) in [5.41, 5.74) is 0.998. The van der Waals surface area contributed by atoms with E-state index in [4.69, 9.17) is 21.1 Å². The summed E-state index contributed by atoms with van der Waals surface area (Å²) in [4.78, 5) is 12.5. The third-order valence-electron chi connectivity index (χ3n) is 4.25. The minimum absolute atomic E-state index is 0.117. The second-order valence-corrected chi connectivity index (χ2v) is 6.77. The van der Waals surface area contributed by atoms with Crippen LogP contribution in [-0.2, 0) is 17.9 Å². The fourth-order valence-corrected chi connectivity index (χ4v) is 2.98. The van der Waals surface area contributed by atoms with Gasteiger partial charge in [-0.2, -0.15) is 10.2 Å². The Morgan fingerprint density at radius 1 is 1.30 bits per heavy atom. The fraction of sp³-hybridized carbons (Fsp3) is 0.278. The molecule has 0 fully saturated rings. The van der Waals surface area contributed by atoms with Crippen molar-refractivity contribution >= 4 is 23.3 Å². The summed E-state index contributed by atoms with van der Waals surface area (Å²) in [7, 11) is 0. The first-order chi connectivity index (χ1) is 13.1. The molecule has 0 spiro atoms. The van der Waals surface area contributed by atoms with E-state index in [2.05, 4.69) is 15.5 Å². The van der Waals surface area contributed by atoms with Crippen molar-refractivity contribution in [2.24, 2.45) is 5.92 Å². The normalized spacial score (nSPS) is 13.6. The molecule has 1 N–H and O–H groups in total. The molecule has 2 aromatic heterocycles. The number of carbonyl (C=O) groups is 1. The first-order valence-corrected chi connectivity index (χ1v) is 8.85. The van der Waals surface area contributed by atoms with E-state index in [1.165, 1.54) is 0 Å². The van der Waals surface area contributed by atoms with Gasteiger partial charge in [0.25, 0.3) is 0 Å². The average molecular weight is 388 g/mol. The SMILES string of the molecule is C[C@H](Cn1cc(Cl)cn1)C(=O)Nc1ccnn1Cc1ccc2c(c1)OCO2. The van der Waals surface area contributed by atoms with Gasteiger partial charge in [0.15, 0.2) is 11.5 Å². The Bertz CT molecular complexity index is 968. The van der Waals surface area contributed by atoms with E-state index in [0.717, 1.165) is 17.1 Å². The number of halogens is 1. The van der Waals surface area contributed by atoms with E-state index < -0.39 is 0 Å². The molecule has 1 aromatic carbocycles. The van der Waals surface area contributed by atoms with Crippen LogP contribution >= 0.6 is 11.6 Å². The Hall–Kier alpha value is -3.00. The van der Waals surface area contributed by atoms with Gasteiger partial charge in [0.2, 0.25) is 12.7 Å². The average Bonchev–Trinajstić information content (AvgIpc) is 3.37. The molecule has 0 bridgehead atoms. The van der Waals surface area contributed by atoms with Gasteiger partial charge in [-0.25, -0.2) is 4.68 Å². The molecule has 0 saturated carbocycles. The topological polar surface area (TPSA) is 83.2 Å². The Morgan fingerprint density at radius 3 is 2.96 bits per heavy atom. The van der Waals surface area contributed by atoms with Crippen LogP contribution in [0.25, 0.3) is 0 Å². The van der Waals surface area contributed by atoms with Crippen molar-refractivity contribution < 1.29 is 14.3 Å². The quantitative estimate of drug-likeness (QED) is 0.703. The third kappa shape index (κ3) is 3.90. The minimum Gasteiger partial charge on any atom is -0.454 e. The molecule has 0 saturated heterocycles. The number of fused-ring (bicyclic) bond motifs is 1. The standard InChI is InChI=1S/C18H18ClN5O3/c1-12(8-23-10-14(19)7-21-23)18(25)22-17-4-5-20-24(17)9-13-2-3-15-16(6-13)27-11-26-15/h2-7,10,12H,8-9,11H2,1H3,(H,22,25)/t12-/m1/s1. The first-order valence-electron chi connectivity index (χ1n) is 8.47. The molecular formula is C18H18ClN5O3. The van der Waals surface area contributed by atoms with Gasteiger partial charge >= 0.3 is 0 Å². The van der Waals surface area contributed by atoms with Crippen LogP contribution in [-0.4, -0.2) is 32.3 Å². The Balaban J connectivity index is 1.41. The molecule has 0 aliphatic carbocycles. The lowest BCUT2D eigenvalue weighted by Crippen LogP contribution is -2.26. The number of amides is 1. The van der Waals surface area contributed by atoms with Gasteiger partial charge in [0, 0.05) is 12.3 Å². The van der Waals surface area contributed by atoms with E-state index in [-0.39, 0.29) is 18.6 Å². The molecule has 1 amide bonds. The van der Waals surface area contributed by atoms with Crippen LogP contribution in [0.3, 0.4) is 0 Å². The van der Waals surface area contributed by atoms with Crippen LogP contribution in [0, 0.1) is 5.92 Å². The number of benzene rings is 1. The number of anilines is 1. The van der Waals surface area contributed by atoms with Crippen molar-refractivity contribution in [3.05, 3.63) is 53.4 Å². The lowest BCUT2D eigenvalue weighted by Gasteiger charge is -2.14. The van der Waals surface area contributed by atoms with Crippen LogP contribution in [0.5, 0.6) is 11.5 Å². The zero-order chi connectivity index (χ0) is 18.8. The number of nitrogens with one attached hydrogen (secondary N) is 1. The number of aromatic nitrogens is 4. The van der Waals surface area contributed by atoms with E-state index in [1.54, 1.807) is 34.0 Å². The predicted octanol–water partition coefficient (Wildman–Crippen LogP) is 2.78. The number of nitrogens with zero attached hydrogens (tertiary/aromatic N) is 4. The van der Waals surface area contributed by atoms with Crippen LogP contribution < -0.4 is 14.8 Å². The monoisotopic (exact) mass is 387 g/mol. The Labute approximate surface area is 160 Å². The van der Waals surface area contributed by atoms with Crippen LogP contribution in [0.1, 0.15) is 12.5 Å². The second-order valence-electron chi connectivity index (χ2n) is 6.33. The molecule has 3 heterocycles. The van der Waals surface area contributed by atoms with Crippen molar-refractivity contribution in [1.82, 2.24) is 19.6 Å². The molecule has 1 atom stereocenters. The molecule has 4 rings (SSSR count). The van der Waals surface area contributed by atoms with Crippen LogP contribution in [0.2, 0.25) is 5.02 Å². The molecule has 1 aliphatic rings. The minimum atomic E-state index is -0.283. The summed E-state index contributed by atoms with van der Waals surface area (Å²) in [6, 6.07) is 7.50. The van der Waals surface area contributed by atoms with Crippen molar-refractivity contribution in [2.75, 3.05) is 12.1 Å². The van der Waals surface area contributed by atoms with E-state index in [0.29, 0.717) is 23.9 Å². The van der Waals surface area contributed by atoms with Gasteiger partial charge in [0.1, 0.15) is 5.82 Å². The Kier molecular flexibility index (Phi) is 4.72. The highest BCUT2D eigenvalue weighted by molar-refractivity contribution is 6.30.